The Hall–Kier alpha value is -2.19. The lowest BCUT2D eigenvalue weighted by atomic mass is 9.94. The van der Waals surface area contributed by atoms with Gasteiger partial charge in [-0.25, -0.2) is 15.0 Å². The largest absolute Gasteiger partial charge is 0.384 e. The van der Waals surface area contributed by atoms with E-state index in [1.54, 1.807) is 16.3 Å². The second kappa shape index (κ2) is 7.20. The molecule has 0 amide bonds. The van der Waals surface area contributed by atoms with E-state index in [0.717, 1.165) is 60.2 Å². The zero-order chi connectivity index (χ0) is 18.1. The zero-order valence-corrected chi connectivity index (χ0v) is 15.9. The topological polar surface area (TPSA) is 85.2 Å². The van der Waals surface area contributed by atoms with E-state index >= 15 is 0 Å². The number of nitrogens with zero attached hydrogens (tertiary/aromatic N) is 6. The summed E-state index contributed by atoms with van der Waals surface area (Å²) in [6, 6.07) is 3.95. The zero-order valence-electron chi connectivity index (χ0n) is 15.1. The molecule has 1 fully saturated rings. The Morgan fingerprint density at radius 3 is 2.85 bits per heavy atom. The molecule has 7 nitrogen and oxygen atoms in total. The van der Waals surface area contributed by atoms with Crippen molar-refractivity contribution in [1.82, 2.24) is 29.5 Å². The minimum Gasteiger partial charge on any atom is -0.384 e. The van der Waals surface area contributed by atoms with Gasteiger partial charge in [0.25, 0.3) is 0 Å². The predicted molar refractivity (Wildman–Crippen MR) is 103 cm³/mol. The molecular formula is C18H23N7S. The number of nitrogen functional groups attached to an aromatic ring is 1. The first-order chi connectivity index (χ1) is 12.6. The Balaban J connectivity index is 1.51. The van der Waals surface area contributed by atoms with Crippen molar-refractivity contribution in [3.8, 4) is 0 Å². The molecule has 0 unspecified atom stereocenters. The Bertz CT molecular complexity index is 906. The summed E-state index contributed by atoms with van der Waals surface area (Å²) >= 11 is 1.56. The first-order valence-electron chi connectivity index (χ1n) is 8.82. The van der Waals surface area contributed by atoms with Crippen LogP contribution in [-0.4, -0.2) is 48.8 Å². The predicted octanol–water partition coefficient (Wildman–Crippen LogP) is 2.51. The molecule has 0 radical (unpaired) electrons. The second-order valence-corrected chi connectivity index (χ2v) is 7.59. The average molecular weight is 369 g/mol. The summed E-state index contributed by atoms with van der Waals surface area (Å²) in [6.45, 7) is 4.89. The number of aryl methyl sites for hydroxylation is 1. The molecule has 0 aromatic carbocycles. The van der Waals surface area contributed by atoms with Gasteiger partial charge in [-0.1, -0.05) is 11.8 Å². The van der Waals surface area contributed by atoms with Crippen LogP contribution in [0.5, 0.6) is 0 Å². The normalized spacial score (nSPS) is 18.5. The van der Waals surface area contributed by atoms with Gasteiger partial charge in [0.1, 0.15) is 5.82 Å². The van der Waals surface area contributed by atoms with Crippen LogP contribution in [0.15, 0.2) is 29.7 Å². The number of hydrogen-bond acceptors (Lipinski definition) is 7. The van der Waals surface area contributed by atoms with Crippen molar-refractivity contribution in [3.63, 3.8) is 0 Å². The molecule has 1 atom stereocenters. The monoisotopic (exact) mass is 369 g/mol. The van der Waals surface area contributed by atoms with Crippen molar-refractivity contribution in [1.29, 1.82) is 0 Å². The van der Waals surface area contributed by atoms with Gasteiger partial charge < -0.3 is 5.73 Å². The lowest BCUT2D eigenvalue weighted by Gasteiger charge is -2.32. The highest BCUT2D eigenvalue weighted by atomic mass is 32.2. The molecule has 2 N–H and O–H groups in total. The van der Waals surface area contributed by atoms with Crippen LogP contribution in [0.25, 0.3) is 5.65 Å². The standard InChI is InChI=1S/C18H23N7S/c1-12-6-17-22-15(7-16(19)25(17)23-12)14-4-3-5-24(11-14)10-13-8-20-18(26-2)21-9-13/h6-9,14H,3-5,10-11,19H2,1-2H3/t14-/m0/s1. The number of anilines is 1. The molecule has 3 aromatic rings. The number of hydrogen-bond donors (Lipinski definition) is 1. The molecule has 26 heavy (non-hydrogen) atoms. The van der Waals surface area contributed by atoms with Gasteiger partial charge in [-0.05, 0) is 32.6 Å². The fraction of sp³-hybridized carbons (Fsp3) is 0.444. The lowest BCUT2D eigenvalue weighted by Crippen LogP contribution is -2.34. The molecule has 0 aliphatic carbocycles. The summed E-state index contributed by atoms with van der Waals surface area (Å²) in [4.78, 5) is 16.0. The molecule has 3 aromatic heterocycles. The Morgan fingerprint density at radius 1 is 1.27 bits per heavy atom. The number of rotatable bonds is 4. The van der Waals surface area contributed by atoms with Crippen LogP contribution in [0.2, 0.25) is 0 Å². The quantitative estimate of drug-likeness (QED) is 0.558. The number of likely N-dealkylation sites (tertiary alicyclic amines) is 1. The maximum Gasteiger partial charge on any atom is 0.187 e. The van der Waals surface area contributed by atoms with Crippen LogP contribution >= 0.6 is 11.8 Å². The summed E-state index contributed by atoms with van der Waals surface area (Å²) in [6.07, 6.45) is 8.13. The van der Waals surface area contributed by atoms with E-state index in [0.29, 0.717) is 11.7 Å². The van der Waals surface area contributed by atoms with Gasteiger partial charge in [0.15, 0.2) is 10.8 Å². The van der Waals surface area contributed by atoms with E-state index in [9.17, 15) is 0 Å². The molecule has 4 heterocycles. The van der Waals surface area contributed by atoms with Crippen molar-refractivity contribution in [2.75, 3.05) is 25.1 Å². The van der Waals surface area contributed by atoms with Crippen LogP contribution < -0.4 is 5.73 Å². The Morgan fingerprint density at radius 2 is 2.08 bits per heavy atom. The SMILES string of the molecule is CSc1ncc(CN2CCC[C@H](c3cc(N)n4nc(C)cc4n3)C2)cn1. The summed E-state index contributed by atoms with van der Waals surface area (Å²) in [7, 11) is 0. The molecule has 1 aliphatic heterocycles. The lowest BCUT2D eigenvalue weighted by molar-refractivity contribution is 0.198. The fourth-order valence-electron chi connectivity index (χ4n) is 3.57. The highest BCUT2D eigenvalue weighted by Crippen LogP contribution is 2.28. The number of nitrogens with two attached hydrogens (primary N) is 1. The minimum atomic E-state index is 0.387. The van der Waals surface area contributed by atoms with Gasteiger partial charge >= 0.3 is 0 Å². The van der Waals surface area contributed by atoms with E-state index in [4.69, 9.17) is 10.7 Å². The molecule has 1 aliphatic rings. The molecule has 0 bridgehead atoms. The van der Waals surface area contributed by atoms with Crippen molar-refractivity contribution in [3.05, 3.63) is 41.5 Å². The summed E-state index contributed by atoms with van der Waals surface area (Å²) in [5.74, 6) is 1.04. The second-order valence-electron chi connectivity index (χ2n) is 6.81. The molecule has 8 heteroatoms. The maximum absolute atomic E-state index is 6.19. The van der Waals surface area contributed by atoms with Gasteiger partial charge in [-0.3, -0.25) is 4.90 Å². The van der Waals surface area contributed by atoms with Crippen LogP contribution in [0.1, 0.15) is 35.7 Å². The summed E-state index contributed by atoms with van der Waals surface area (Å²) in [5.41, 5.74) is 10.2. The van der Waals surface area contributed by atoms with E-state index in [2.05, 4.69) is 20.0 Å². The highest BCUT2D eigenvalue weighted by Gasteiger charge is 2.23. The Labute approximate surface area is 157 Å². The first kappa shape index (κ1) is 17.2. The van der Waals surface area contributed by atoms with Crippen molar-refractivity contribution < 1.29 is 0 Å². The van der Waals surface area contributed by atoms with Gasteiger partial charge in [0.05, 0.1) is 11.4 Å². The van der Waals surface area contributed by atoms with Gasteiger partial charge in [0, 0.05) is 49.1 Å². The summed E-state index contributed by atoms with van der Waals surface area (Å²) < 4.78 is 1.71. The number of thioether (sulfide) groups is 1. The average Bonchev–Trinajstić information content (AvgIpc) is 3.03. The fourth-order valence-corrected chi connectivity index (χ4v) is 3.89. The molecule has 4 rings (SSSR count). The van der Waals surface area contributed by atoms with E-state index in [1.807, 2.05) is 37.7 Å². The Kier molecular flexibility index (Phi) is 4.78. The molecular weight excluding hydrogens is 346 g/mol. The minimum absolute atomic E-state index is 0.387. The summed E-state index contributed by atoms with van der Waals surface area (Å²) in [5, 5.41) is 5.20. The van der Waals surface area contributed by atoms with E-state index in [1.165, 1.54) is 0 Å². The van der Waals surface area contributed by atoms with Crippen LogP contribution in [-0.2, 0) is 6.54 Å². The number of piperidine rings is 1. The third-order valence-corrected chi connectivity index (χ3v) is 5.37. The van der Waals surface area contributed by atoms with Crippen LogP contribution in [0.3, 0.4) is 0 Å². The van der Waals surface area contributed by atoms with Crippen molar-refractivity contribution in [2.24, 2.45) is 0 Å². The van der Waals surface area contributed by atoms with Crippen LogP contribution in [0.4, 0.5) is 5.82 Å². The third-order valence-electron chi connectivity index (χ3n) is 4.79. The molecule has 136 valence electrons. The van der Waals surface area contributed by atoms with Gasteiger partial charge in [0.2, 0.25) is 0 Å². The van der Waals surface area contributed by atoms with E-state index in [-0.39, 0.29) is 0 Å². The van der Waals surface area contributed by atoms with Crippen LogP contribution in [0, 0.1) is 6.92 Å². The number of fused-ring (bicyclic) bond motifs is 1. The molecule has 0 saturated carbocycles. The maximum atomic E-state index is 6.19. The first-order valence-corrected chi connectivity index (χ1v) is 10.0. The van der Waals surface area contributed by atoms with E-state index < -0.39 is 0 Å². The number of aromatic nitrogens is 5. The smallest absolute Gasteiger partial charge is 0.187 e. The van der Waals surface area contributed by atoms with Crippen molar-refractivity contribution >= 4 is 23.2 Å². The third kappa shape index (κ3) is 3.52. The molecule has 1 saturated heterocycles. The highest BCUT2D eigenvalue weighted by molar-refractivity contribution is 7.98. The van der Waals surface area contributed by atoms with Gasteiger partial charge in [-0.2, -0.15) is 9.61 Å². The van der Waals surface area contributed by atoms with Gasteiger partial charge in [-0.15, -0.1) is 0 Å². The molecule has 0 spiro atoms. The van der Waals surface area contributed by atoms with Crippen molar-refractivity contribution in [2.45, 2.75) is 37.4 Å².